The van der Waals surface area contributed by atoms with Crippen LogP contribution in [-0.4, -0.2) is 14.5 Å². The Morgan fingerprint density at radius 3 is 2.50 bits per heavy atom. The van der Waals surface area contributed by atoms with Crippen molar-refractivity contribution in [1.29, 1.82) is 0 Å². The lowest BCUT2D eigenvalue weighted by Gasteiger charge is -2.13. The van der Waals surface area contributed by atoms with Gasteiger partial charge >= 0.3 is 0 Å². The van der Waals surface area contributed by atoms with Crippen molar-refractivity contribution in [3.63, 3.8) is 0 Å². The fourth-order valence-electron chi connectivity index (χ4n) is 1.15. The molecule has 0 spiro atoms. The zero-order chi connectivity index (χ0) is 10.6. The van der Waals surface area contributed by atoms with Crippen LogP contribution in [0.3, 0.4) is 0 Å². The van der Waals surface area contributed by atoms with Crippen LogP contribution in [0.1, 0.15) is 26.7 Å². The maximum atomic E-state index is 11.7. The second-order valence-corrected chi connectivity index (χ2v) is 5.96. The molecule has 3 nitrogen and oxygen atoms in total. The van der Waals surface area contributed by atoms with E-state index in [4.69, 9.17) is 0 Å². The largest absolute Gasteiger partial charge is 0.250 e. The van der Waals surface area contributed by atoms with E-state index in [0.29, 0.717) is 4.21 Å². The Morgan fingerprint density at radius 2 is 2.07 bits per heavy atom. The van der Waals surface area contributed by atoms with Crippen molar-refractivity contribution < 1.29 is 8.42 Å². The molecule has 1 rings (SSSR count). The van der Waals surface area contributed by atoms with Crippen LogP contribution in [0.2, 0.25) is 0 Å². The van der Waals surface area contributed by atoms with Gasteiger partial charge in [-0.3, -0.25) is 0 Å². The van der Waals surface area contributed by atoms with Crippen molar-refractivity contribution in [2.45, 2.75) is 36.9 Å². The molecule has 80 valence electrons. The van der Waals surface area contributed by atoms with E-state index in [1.54, 1.807) is 17.5 Å². The van der Waals surface area contributed by atoms with E-state index in [-0.39, 0.29) is 6.04 Å². The summed E-state index contributed by atoms with van der Waals surface area (Å²) in [7, 11) is -3.27. The minimum Gasteiger partial charge on any atom is -0.207 e. The standard InChI is InChI=1S/C9H15NO2S2/c1-3-8(4-2)10-14(11,12)9-6-5-7-13-9/h5-8,10H,3-4H2,1-2H3. The third-order valence-electron chi connectivity index (χ3n) is 2.07. The van der Waals surface area contributed by atoms with Gasteiger partial charge in [-0.2, -0.15) is 0 Å². The zero-order valence-corrected chi connectivity index (χ0v) is 9.99. The predicted octanol–water partition coefficient (Wildman–Crippen LogP) is 2.21. The van der Waals surface area contributed by atoms with Gasteiger partial charge < -0.3 is 0 Å². The summed E-state index contributed by atoms with van der Waals surface area (Å²) in [6.07, 6.45) is 1.64. The Balaban J connectivity index is 2.77. The van der Waals surface area contributed by atoms with Gasteiger partial charge in [0, 0.05) is 6.04 Å². The number of thiophene rings is 1. The Labute approximate surface area is 89.2 Å². The number of rotatable bonds is 5. The van der Waals surface area contributed by atoms with E-state index >= 15 is 0 Å². The molecule has 0 fully saturated rings. The number of nitrogens with one attached hydrogen (secondary N) is 1. The molecule has 0 saturated carbocycles. The summed E-state index contributed by atoms with van der Waals surface area (Å²) >= 11 is 1.24. The lowest BCUT2D eigenvalue weighted by atomic mass is 10.2. The molecule has 0 aliphatic heterocycles. The first-order valence-electron chi connectivity index (χ1n) is 4.66. The molecule has 14 heavy (non-hydrogen) atoms. The molecular weight excluding hydrogens is 218 g/mol. The second kappa shape index (κ2) is 4.91. The summed E-state index contributed by atoms with van der Waals surface area (Å²) < 4.78 is 26.5. The van der Waals surface area contributed by atoms with Crippen LogP contribution < -0.4 is 4.72 Å². The molecule has 1 aromatic rings. The highest BCUT2D eigenvalue weighted by Gasteiger charge is 2.18. The summed E-state index contributed by atoms with van der Waals surface area (Å²) in [6, 6.07) is 3.41. The summed E-state index contributed by atoms with van der Waals surface area (Å²) in [6.45, 7) is 3.95. The molecule has 0 atom stereocenters. The topological polar surface area (TPSA) is 46.2 Å². The maximum Gasteiger partial charge on any atom is 0.250 e. The highest BCUT2D eigenvalue weighted by Crippen LogP contribution is 2.16. The van der Waals surface area contributed by atoms with Gasteiger partial charge in [-0.25, -0.2) is 13.1 Å². The summed E-state index contributed by atoms with van der Waals surface area (Å²) in [5, 5.41) is 1.77. The molecule has 0 aliphatic rings. The SMILES string of the molecule is CCC(CC)NS(=O)(=O)c1cccs1. The molecule has 0 bridgehead atoms. The number of hydrogen-bond donors (Lipinski definition) is 1. The quantitative estimate of drug-likeness (QED) is 0.847. The first kappa shape index (κ1) is 11.7. The normalized spacial score (nSPS) is 12.2. The molecule has 1 heterocycles. The van der Waals surface area contributed by atoms with E-state index in [2.05, 4.69) is 4.72 Å². The first-order valence-corrected chi connectivity index (χ1v) is 7.02. The molecule has 0 amide bonds. The Kier molecular flexibility index (Phi) is 4.10. The molecule has 0 unspecified atom stereocenters. The molecule has 0 saturated heterocycles. The van der Waals surface area contributed by atoms with Gasteiger partial charge in [0.25, 0.3) is 0 Å². The van der Waals surface area contributed by atoms with Crippen LogP contribution in [0.25, 0.3) is 0 Å². The fraction of sp³-hybridized carbons (Fsp3) is 0.556. The lowest BCUT2D eigenvalue weighted by Crippen LogP contribution is -2.33. The van der Waals surface area contributed by atoms with E-state index in [1.165, 1.54) is 11.3 Å². The van der Waals surface area contributed by atoms with Crippen LogP contribution in [0, 0.1) is 0 Å². The zero-order valence-electron chi connectivity index (χ0n) is 8.36. The van der Waals surface area contributed by atoms with Crippen molar-refractivity contribution in [2.75, 3.05) is 0 Å². The number of sulfonamides is 1. The Morgan fingerprint density at radius 1 is 1.43 bits per heavy atom. The molecular formula is C9H15NO2S2. The van der Waals surface area contributed by atoms with E-state index in [0.717, 1.165) is 12.8 Å². The van der Waals surface area contributed by atoms with Gasteiger partial charge in [-0.1, -0.05) is 19.9 Å². The molecule has 0 aromatic carbocycles. The number of hydrogen-bond acceptors (Lipinski definition) is 3. The molecule has 0 aliphatic carbocycles. The minimum atomic E-state index is -3.27. The highest BCUT2D eigenvalue weighted by atomic mass is 32.2. The van der Waals surface area contributed by atoms with Crippen LogP contribution in [-0.2, 0) is 10.0 Å². The third-order valence-corrected chi connectivity index (χ3v) is 4.99. The van der Waals surface area contributed by atoms with Gasteiger partial charge in [0.1, 0.15) is 4.21 Å². The average Bonchev–Trinajstić information content (AvgIpc) is 2.67. The van der Waals surface area contributed by atoms with E-state index in [1.807, 2.05) is 13.8 Å². The van der Waals surface area contributed by atoms with Gasteiger partial charge in [-0.05, 0) is 24.3 Å². The summed E-state index contributed by atoms with van der Waals surface area (Å²) in [5.74, 6) is 0. The lowest BCUT2D eigenvalue weighted by molar-refractivity contribution is 0.531. The highest BCUT2D eigenvalue weighted by molar-refractivity contribution is 7.91. The van der Waals surface area contributed by atoms with Gasteiger partial charge in [-0.15, -0.1) is 11.3 Å². The van der Waals surface area contributed by atoms with Crippen LogP contribution in [0.15, 0.2) is 21.7 Å². The molecule has 1 N–H and O–H groups in total. The average molecular weight is 233 g/mol. The van der Waals surface area contributed by atoms with Crippen LogP contribution >= 0.6 is 11.3 Å². The molecule has 0 radical (unpaired) electrons. The van der Waals surface area contributed by atoms with Crippen LogP contribution in [0.5, 0.6) is 0 Å². The van der Waals surface area contributed by atoms with E-state index < -0.39 is 10.0 Å². The van der Waals surface area contributed by atoms with Gasteiger partial charge in [0.2, 0.25) is 10.0 Å². The van der Waals surface area contributed by atoms with Crippen molar-refractivity contribution in [1.82, 2.24) is 4.72 Å². The Hall–Kier alpha value is -0.390. The first-order chi connectivity index (χ1) is 6.60. The molecule has 1 aromatic heterocycles. The second-order valence-electron chi connectivity index (χ2n) is 3.07. The van der Waals surface area contributed by atoms with Crippen molar-refractivity contribution in [3.05, 3.63) is 17.5 Å². The monoisotopic (exact) mass is 233 g/mol. The maximum absolute atomic E-state index is 11.7. The van der Waals surface area contributed by atoms with Crippen molar-refractivity contribution >= 4 is 21.4 Å². The fourth-order valence-corrected chi connectivity index (χ4v) is 3.56. The summed E-state index contributed by atoms with van der Waals surface area (Å²) in [5.41, 5.74) is 0. The Bertz CT molecular complexity index is 352. The minimum absolute atomic E-state index is 0.0436. The van der Waals surface area contributed by atoms with Crippen molar-refractivity contribution in [2.24, 2.45) is 0 Å². The van der Waals surface area contributed by atoms with E-state index in [9.17, 15) is 8.42 Å². The van der Waals surface area contributed by atoms with Gasteiger partial charge in [0.05, 0.1) is 0 Å². The smallest absolute Gasteiger partial charge is 0.207 e. The van der Waals surface area contributed by atoms with Gasteiger partial charge in [0.15, 0.2) is 0 Å². The molecule has 5 heteroatoms. The predicted molar refractivity (Wildman–Crippen MR) is 59.0 cm³/mol. The third kappa shape index (κ3) is 2.80. The summed E-state index contributed by atoms with van der Waals surface area (Å²) in [4.78, 5) is 0. The van der Waals surface area contributed by atoms with Crippen LogP contribution in [0.4, 0.5) is 0 Å². The van der Waals surface area contributed by atoms with Crippen molar-refractivity contribution in [3.8, 4) is 0 Å².